The smallest absolute Gasteiger partial charge is 0.253 e. The van der Waals surface area contributed by atoms with Gasteiger partial charge in [-0.3, -0.25) is 14.8 Å². The molecule has 0 aliphatic carbocycles. The van der Waals surface area contributed by atoms with Gasteiger partial charge in [-0.1, -0.05) is 24.3 Å². The van der Waals surface area contributed by atoms with E-state index in [1.54, 1.807) is 31.0 Å². The first kappa shape index (κ1) is 19.3. The van der Waals surface area contributed by atoms with Crippen molar-refractivity contribution in [1.29, 1.82) is 0 Å². The third-order valence-corrected chi connectivity index (χ3v) is 4.67. The van der Waals surface area contributed by atoms with E-state index < -0.39 is 0 Å². The summed E-state index contributed by atoms with van der Waals surface area (Å²) in [4.78, 5) is 28.1. The molecule has 7 heteroatoms. The van der Waals surface area contributed by atoms with E-state index in [1.165, 1.54) is 0 Å². The topological polar surface area (TPSA) is 95.6 Å². The number of nitrogens with zero attached hydrogens (tertiary/aromatic N) is 3. The number of benzene rings is 1. The maximum Gasteiger partial charge on any atom is 0.253 e. The number of H-pyrrole nitrogens is 1. The van der Waals surface area contributed by atoms with Gasteiger partial charge in [0.25, 0.3) is 5.91 Å². The Labute approximate surface area is 174 Å². The lowest BCUT2D eigenvalue weighted by Crippen LogP contribution is -2.22. The van der Waals surface area contributed by atoms with Crippen molar-refractivity contribution in [3.8, 4) is 11.3 Å². The van der Waals surface area contributed by atoms with Gasteiger partial charge in [0.05, 0.1) is 17.6 Å². The molecule has 3 heterocycles. The molecule has 0 aliphatic rings. The van der Waals surface area contributed by atoms with Crippen LogP contribution in [0.3, 0.4) is 0 Å². The summed E-state index contributed by atoms with van der Waals surface area (Å²) in [6.45, 7) is 1.20. The lowest BCUT2D eigenvalue weighted by atomic mass is 10.1. The third kappa shape index (κ3) is 4.88. The first-order valence-corrected chi connectivity index (χ1v) is 9.73. The number of carbonyl (C=O) groups excluding carboxylic acids is 1. The molecule has 0 fully saturated rings. The molecule has 150 valence electrons. The standard InChI is InChI=1S/C23H22N6O/c30-23(28-13-17-4-3-10-24-12-17)18-7-8-22(27-14-18)20-5-1-2-6-21(20)26-11-9-19-15-25-16-29-19/h1-8,10,12,14-16,26H,9,11,13H2,(H,25,29)(H,28,30). The van der Waals surface area contributed by atoms with E-state index in [0.717, 1.165) is 41.2 Å². The molecule has 0 bridgehead atoms. The number of para-hydroxylation sites is 1. The van der Waals surface area contributed by atoms with Crippen molar-refractivity contribution in [3.63, 3.8) is 0 Å². The first-order chi connectivity index (χ1) is 14.8. The quantitative estimate of drug-likeness (QED) is 0.422. The molecule has 0 atom stereocenters. The van der Waals surface area contributed by atoms with Gasteiger partial charge >= 0.3 is 0 Å². The minimum Gasteiger partial charge on any atom is -0.384 e. The molecule has 4 rings (SSSR count). The molecule has 0 radical (unpaired) electrons. The van der Waals surface area contributed by atoms with Gasteiger partial charge in [-0.2, -0.15) is 0 Å². The van der Waals surface area contributed by atoms with Crippen LogP contribution < -0.4 is 10.6 Å². The summed E-state index contributed by atoms with van der Waals surface area (Å²) >= 11 is 0. The molecular weight excluding hydrogens is 376 g/mol. The van der Waals surface area contributed by atoms with Crippen molar-refractivity contribution in [3.05, 3.63) is 96.5 Å². The molecule has 0 spiro atoms. The molecule has 0 saturated heterocycles. The summed E-state index contributed by atoms with van der Waals surface area (Å²) in [5.74, 6) is -0.163. The number of imidazole rings is 1. The predicted molar refractivity (Wildman–Crippen MR) is 116 cm³/mol. The predicted octanol–water partition coefficient (Wildman–Crippen LogP) is 3.45. The van der Waals surface area contributed by atoms with Crippen molar-refractivity contribution in [2.75, 3.05) is 11.9 Å². The summed E-state index contributed by atoms with van der Waals surface area (Å²) < 4.78 is 0. The van der Waals surface area contributed by atoms with Crippen LogP contribution in [0.4, 0.5) is 5.69 Å². The maximum atomic E-state index is 12.4. The minimum absolute atomic E-state index is 0.163. The van der Waals surface area contributed by atoms with Gasteiger partial charge < -0.3 is 15.6 Å². The van der Waals surface area contributed by atoms with Crippen molar-refractivity contribution >= 4 is 11.6 Å². The molecular formula is C23H22N6O. The second kappa shape index (κ2) is 9.47. The first-order valence-electron chi connectivity index (χ1n) is 9.73. The van der Waals surface area contributed by atoms with E-state index in [4.69, 9.17) is 0 Å². The molecule has 1 aromatic carbocycles. The molecule has 7 nitrogen and oxygen atoms in total. The van der Waals surface area contributed by atoms with E-state index in [-0.39, 0.29) is 5.91 Å². The number of rotatable bonds is 8. The fraction of sp³-hybridized carbons (Fsp3) is 0.130. The summed E-state index contributed by atoms with van der Waals surface area (Å²) in [5, 5.41) is 6.34. The van der Waals surface area contributed by atoms with E-state index in [0.29, 0.717) is 12.1 Å². The highest BCUT2D eigenvalue weighted by atomic mass is 16.1. The number of nitrogens with one attached hydrogen (secondary N) is 3. The SMILES string of the molecule is O=C(NCc1cccnc1)c1ccc(-c2ccccc2NCCc2cnc[nH]2)nc1. The lowest BCUT2D eigenvalue weighted by molar-refractivity contribution is 0.0950. The lowest BCUT2D eigenvalue weighted by Gasteiger charge is -2.12. The second-order valence-corrected chi connectivity index (χ2v) is 6.78. The summed E-state index contributed by atoms with van der Waals surface area (Å²) in [7, 11) is 0. The van der Waals surface area contributed by atoms with Gasteiger partial charge in [-0.15, -0.1) is 0 Å². The molecule has 3 N–H and O–H groups in total. The van der Waals surface area contributed by atoms with Gasteiger partial charge in [0.1, 0.15) is 0 Å². The normalized spacial score (nSPS) is 10.5. The van der Waals surface area contributed by atoms with Crippen LogP contribution >= 0.6 is 0 Å². The summed E-state index contributed by atoms with van der Waals surface area (Å²) in [6.07, 6.45) is 9.40. The molecule has 0 unspecified atom stereocenters. The Hall–Kier alpha value is -4.00. The van der Waals surface area contributed by atoms with E-state index >= 15 is 0 Å². The van der Waals surface area contributed by atoms with Crippen LogP contribution in [0.1, 0.15) is 21.6 Å². The Morgan fingerprint density at radius 1 is 0.967 bits per heavy atom. The summed E-state index contributed by atoms with van der Waals surface area (Å²) in [5.41, 5.74) is 5.35. The number of hydrogen-bond acceptors (Lipinski definition) is 5. The van der Waals surface area contributed by atoms with Crippen molar-refractivity contribution in [1.82, 2.24) is 25.3 Å². The highest BCUT2D eigenvalue weighted by molar-refractivity contribution is 5.94. The Bertz CT molecular complexity index is 1080. The molecule has 30 heavy (non-hydrogen) atoms. The second-order valence-electron chi connectivity index (χ2n) is 6.78. The van der Waals surface area contributed by atoms with E-state index in [9.17, 15) is 4.79 Å². The van der Waals surface area contributed by atoms with Crippen LogP contribution in [0.2, 0.25) is 0 Å². The highest BCUT2D eigenvalue weighted by Gasteiger charge is 2.09. The van der Waals surface area contributed by atoms with Crippen LogP contribution in [-0.4, -0.2) is 32.4 Å². The zero-order valence-corrected chi connectivity index (χ0v) is 16.4. The minimum atomic E-state index is -0.163. The molecule has 1 amide bonds. The molecule has 3 aromatic heterocycles. The molecule has 0 saturated carbocycles. The Morgan fingerprint density at radius 2 is 1.90 bits per heavy atom. The van der Waals surface area contributed by atoms with Crippen molar-refractivity contribution in [2.45, 2.75) is 13.0 Å². The van der Waals surface area contributed by atoms with Gasteiger partial charge in [0, 0.05) is 61.2 Å². The largest absolute Gasteiger partial charge is 0.384 e. The van der Waals surface area contributed by atoms with E-state index in [1.807, 2.05) is 48.7 Å². The van der Waals surface area contributed by atoms with Crippen LogP contribution in [0.15, 0.2) is 79.6 Å². The number of aromatic amines is 1. The Balaban J connectivity index is 1.40. The van der Waals surface area contributed by atoms with Crippen LogP contribution in [0.25, 0.3) is 11.3 Å². The van der Waals surface area contributed by atoms with Gasteiger partial charge in [-0.05, 0) is 29.8 Å². The Morgan fingerprint density at radius 3 is 2.67 bits per heavy atom. The Kier molecular flexibility index (Phi) is 6.10. The maximum absolute atomic E-state index is 12.4. The fourth-order valence-corrected chi connectivity index (χ4v) is 3.09. The number of amides is 1. The molecule has 0 aliphatic heterocycles. The number of anilines is 1. The van der Waals surface area contributed by atoms with Gasteiger partial charge in [0.15, 0.2) is 0 Å². The molecule has 4 aromatic rings. The van der Waals surface area contributed by atoms with Crippen LogP contribution in [-0.2, 0) is 13.0 Å². The third-order valence-electron chi connectivity index (χ3n) is 4.67. The average Bonchev–Trinajstić information content (AvgIpc) is 3.32. The number of pyridine rings is 2. The van der Waals surface area contributed by atoms with Crippen molar-refractivity contribution < 1.29 is 4.79 Å². The van der Waals surface area contributed by atoms with Gasteiger partial charge in [0.2, 0.25) is 0 Å². The number of aromatic nitrogens is 4. The average molecular weight is 398 g/mol. The highest BCUT2D eigenvalue weighted by Crippen LogP contribution is 2.26. The fourth-order valence-electron chi connectivity index (χ4n) is 3.09. The zero-order chi connectivity index (χ0) is 20.6. The van der Waals surface area contributed by atoms with E-state index in [2.05, 4.69) is 30.6 Å². The van der Waals surface area contributed by atoms with Gasteiger partial charge in [-0.25, -0.2) is 4.98 Å². The van der Waals surface area contributed by atoms with Crippen molar-refractivity contribution in [2.24, 2.45) is 0 Å². The zero-order valence-electron chi connectivity index (χ0n) is 16.4. The monoisotopic (exact) mass is 398 g/mol. The van der Waals surface area contributed by atoms with Crippen LogP contribution in [0.5, 0.6) is 0 Å². The number of hydrogen-bond donors (Lipinski definition) is 3. The number of carbonyl (C=O) groups is 1. The van der Waals surface area contributed by atoms with Crippen LogP contribution in [0, 0.1) is 0 Å². The summed E-state index contributed by atoms with van der Waals surface area (Å²) in [6, 6.07) is 15.4.